The lowest BCUT2D eigenvalue weighted by Crippen LogP contribution is -2.01. The number of rotatable bonds is 3. The van der Waals surface area contributed by atoms with E-state index in [1.54, 1.807) is 6.07 Å². The summed E-state index contributed by atoms with van der Waals surface area (Å²) in [7, 11) is 0. The predicted molar refractivity (Wildman–Crippen MR) is 79.1 cm³/mol. The molecule has 0 saturated heterocycles. The first kappa shape index (κ1) is 13.2. The maximum Gasteiger partial charge on any atom is 0.123 e. The Morgan fingerprint density at radius 2 is 2.00 bits per heavy atom. The summed E-state index contributed by atoms with van der Waals surface area (Å²) in [5.74, 6) is 0.846. The minimum Gasteiger partial charge on any atom is -0.489 e. The highest BCUT2D eigenvalue weighted by molar-refractivity contribution is 9.10. The zero-order valence-corrected chi connectivity index (χ0v) is 12.3. The van der Waals surface area contributed by atoms with Crippen LogP contribution in [-0.4, -0.2) is 0 Å². The highest BCUT2D eigenvalue weighted by atomic mass is 79.9. The summed E-state index contributed by atoms with van der Waals surface area (Å²) in [5, 5.41) is 0.634. The van der Waals surface area contributed by atoms with Crippen LogP contribution in [0, 0.1) is 6.92 Å². The summed E-state index contributed by atoms with van der Waals surface area (Å²) in [4.78, 5) is 0. The van der Waals surface area contributed by atoms with Gasteiger partial charge in [-0.2, -0.15) is 0 Å². The number of hydrogen-bond acceptors (Lipinski definition) is 2. The van der Waals surface area contributed by atoms with Crippen molar-refractivity contribution in [1.29, 1.82) is 0 Å². The molecular formula is C14H13BrClNO. The maximum atomic E-state index is 5.88. The number of benzene rings is 2. The second-order valence-electron chi connectivity index (χ2n) is 4.04. The Hall–Kier alpha value is -1.19. The van der Waals surface area contributed by atoms with Gasteiger partial charge in [-0.3, -0.25) is 0 Å². The van der Waals surface area contributed by atoms with Crippen LogP contribution in [0.5, 0.6) is 5.75 Å². The number of ether oxygens (including phenoxy) is 1. The Labute approximate surface area is 120 Å². The molecule has 0 heterocycles. The Balaban J connectivity index is 2.13. The number of nitrogens with two attached hydrogens (primary N) is 1. The third-order valence-electron chi connectivity index (χ3n) is 2.64. The van der Waals surface area contributed by atoms with Gasteiger partial charge in [-0.05, 0) is 36.8 Å². The second kappa shape index (κ2) is 5.63. The molecule has 0 aliphatic rings. The molecule has 0 aliphatic carbocycles. The van der Waals surface area contributed by atoms with Crippen molar-refractivity contribution in [2.24, 2.45) is 0 Å². The van der Waals surface area contributed by atoms with E-state index in [1.165, 1.54) is 0 Å². The molecule has 2 N–H and O–H groups in total. The van der Waals surface area contributed by atoms with E-state index in [-0.39, 0.29) is 0 Å². The number of halogens is 2. The van der Waals surface area contributed by atoms with Crippen molar-refractivity contribution in [3.63, 3.8) is 0 Å². The normalized spacial score (nSPS) is 10.4. The fraction of sp³-hybridized carbons (Fsp3) is 0.143. The summed E-state index contributed by atoms with van der Waals surface area (Å²) in [6.07, 6.45) is 0. The minimum atomic E-state index is 0.431. The van der Waals surface area contributed by atoms with Gasteiger partial charge in [-0.15, -0.1) is 0 Å². The van der Waals surface area contributed by atoms with Gasteiger partial charge < -0.3 is 10.5 Å². The molecule has 0 spiro atoms. The molecule has 0 fully saturated rings. The maximum absolute atomic E-state index is 5.88. The topological polar surface area (TPSA) is 35.2 Å². The molecule has 0 amide bonds. The third-order valence-corrected chi connectivity index (χ3v) is 3.37. The summed E-state index contributed by atoms with van der Waals surface area (Å²) < 4.78 is 6.76. The Morgan fingerprint density at radius 1 is 1.22 bits per heavy atom. The summed E-state index contributed by atoms with van der Waals surface area (Å²) in [6, 6.07) is 11.4. The second-order valence-corrected chi connectivity index (χ2v) is 5.39. The lowest BCUT2D eigenvalue weighted by Gasteiger charge is -2.11. The lowest BCUT2D eigenvalue weighted by atomic mass is 10.2. The minimum absolute atomic E-state index is 0.431. The van der Waals surface area contributed by atoms with Gasteiger partial charge >= 0.3 is 0 Å². The van der Waals surface area contributed by atoms with E-state index in [0.717, 1.165) is 21.3 Å². The van der Waals surface area contributed by atoms with E-state index < -0.39 is 0 Å². The van der Waals surface area contributed by atoms with Crippen molar-refractivity contribution in [1.82, 2.24) is 0 Å². The van der Waals surface area contributed by atoms with Crippen molar-refractivity contribution < 1.29 is 4.74 Å². The molecule has 0 bridgehead atoms. The van der Waals surface area contributed by atoms with E-state index in [2.05, 4.69) is 15.9 Å². The van der Waals surface area contributed by atoms with Crippen LogP contribution in [0.3, 0.4) is 0 Å². The van der Waals surface area contributed by atoms with Gasteiger partial charge in [-0.25, -0.2) is 0 Å². The van der Waals surface area contributed by atoms with Gasteiger partial charge in [0, 0.05) is 20.7 Å². The number of anilines is 1. The lowest BCUT2D eigenvalue weighted by molar-refractivity contribution is 0.304. The highest BCUT2D eigenvalue weighted by Gasteiger charge is 2.04. The van der Waals surface area contributed by atoms with Gasteiger partial charge in [0.2, 0.25) is 0 Å². The molecule has 0 aliphatic heterocycles. The van der Waals surface area contributed by atoms with E-state index in [9.17, 15) is 0 Å². The quantitative estimate of drug-likeness (QED) is 0.838. The zero-order chi connectivity index (χ0) is 13.1. The van der Waals surface area contributed by atoms with E-state index in [4.69, 9.17) is 22.1 Å². The molecule has 2 aromatic rings. The Morgan fingerprint density at radius 3 is 2.72 bits per heavy atom. The van der Waals surface area contributed by atoms with Gasteiger partial charge in [0.25, 0.3) is 0 Å². The molecule has 2 nitrogen and oxygen atoms in total. The van der Waals surface area contributed by atoms with Crippen LogP contribution in [0.1, 0.15) is 11.1 Å². The Bertz CT molecular complexity index is 572. The van der Waals surface area contributed by atoms with Crippen molar-refractivity contribution in [2.75, 3.05) is 5.73 Å². The molecule has 0 radical (unpaired) electrons. The van der Waals surface area contributed by atoms with Crippen molar-refractivity contribution in [3.05, 3.63) is 57.0 Å². The Kier molecular flexibility index (Phi) is 4.15. The largest absolute Gasteiger partial charge is 0.489 e. The summed E-state index contributed by atoms with van der Waals surface area (Å²) >= 11 is 9.28. The molecule has 4 heteroatoms. The molecule has 0 unspecified atom stereocenters. The van der Waals surface area contributed by atoms with Gasteiger partial charge in [0.05, 0.1) is 0 Å². The van der Waals surface area contributed by atoms with Gasteiger partial charge in [0.1, 0.15) is 12.4 Å². The molecular weight excluding hydrogens is 314 g/mol. The van der Waals surface area contributed by atoms with E-state index in [1.807, 2.05) is 37.3 Å². The van der Waals surface area contributed by atoms with Crippen molar-refractivity contribution >= 4 is 33.2 Å². The molecule has 0 aromatic heterocycles. The molecule has 0 atom stereocenters. The average Bonchev–Trinajstić information content (AvgIpc) is 2.32. The van der Waals surface area contributed by atoms with Crippen LogP contribution in [-0.2, 0) is 6.61 Å². The number of nitrogen functional groups attached to an aromatic ring is 1. The smallest absolute Gasteiger partial charge is 0.123 e. The van der Waals surface area contributed by atoms with Crippen molar-refractivity contribution in [3.8, 4) is 5.75 Å². The number of hydrogen-bond donors (Lipinski definition) is 1. The first-order valence-corrected chi connectivity index (χ1v) is 6.66. The van der Waals surface area contributed by atoms with Crippen molar-refractivity contribution in [2.45, 2.75) is 13.5 Å². The van der Waals surface area contributed by atoms with Crippen LogP contribution >= 0.6 is 27.5 Å². The van der Waals surface area contributed by atoms with E-state index in [0.29, 0.717) is 17.3 Å². The van der Waals surface area contributed by atoms with E-state index >= 15 is 0 Å². The molecule has 94 valence electrons. The SMILES string of the molecule is Cc1ccc(Br)cc1OCc1ccc(Cl)cc1N. The third kappa shape index (κ3) is 3.18. The summed E-state index contributed by atoms with van der Waals surface area (Å²) in [6.45, 7) is 2.44. The van der Waals surface area contributed by atoms with Crippen LogP contribution in [0.4, 0.5) is 5.69 Å². The standard InChI is InChI=1S/C14H13BrClNO/c1-9-2-4-11(15)6-14(9)18-8-10-3-5-12(16)7-13(10)17/h2-7H,8,17H2,1H3. The predicted octanol–water partition coefficient (Wildman–Crippen LogP) is 4.57. The monoisotopic (exact) mass is 325 g/mol. The van der Waals surface area contributed by atoms with Crippen LogP contribution in [0.2, 0.25) is 5.02 Å². The molecule has 2 rings (SSSR count). The van der Waals surface area contributed by atoms with Gasteiger partial charge in [0.15, 0.2) is 0 Å². The van der Waals surface area contributed by atoms with Gasteiger partial charge in [-0.1, -0.05) is 39.7 Å². The fourth-order valence-corrected chi connectivity index (χ4v) is 2.10. The average molecular weight is 327 g/mol. The van der Waals surface area contributed by atoms with Crippen LogP contribution < -0.4 is 10.5 Å². The fourth-order valence-electron chi connectivity index (χ4n) is 1.58. The number of aryl methyl sites for hydroxylation is 1. The molecule has 18 heavy (non-hydrogen) atoms. The highest BCUT2D eigenvalue weighted by Crippen LogP contribution is 2.25. The van der Waals surface area contributed by atoms with Crippen LogP contribution in [0.25, 0.3) is 0 Å². The zero-order valence-electron chi connectivity index (χ0n) is 9.91. The summed E-state index contributed by atoms with van der Waals surface area (Å²) in [5.41, 5.74) is 8.55. The first-order valence-electron chi connectivity index (χ1n) is 5.49. The first-order chi connectivity index (χ1) is 8.56. The molecule has 0 saturated carbocycles. The molecule has 2 aromatic carbocycles. The van der Waals surface area contributed by atoms with Crippen LogP contribution in [0.15, 0.2) is 40.9 Å².